The molecule has 21 heavy (non-hydrogen) atoms. The lowest BCUT2D eigenvalue weighted by molar-refractivity contribution is -0.141. The third-order valence-corrected chi connectivity index (χ3v) is 3.19. The van der Waals surface area contributed by atoms with E-state index in [-0.39, 0.29) is 5.56 Å². The van der Waals surface area contributed by atoms with Gasteiger partial charge in [0, 0.05) is 24.8 Å². The van der Waals surface area contributed by atoms with Crippen LogP contribution in [0, 0.1) is 0 Å². The molecular weight excluding hydrogens is 289 g/mol. The van der Waals surface area contributed by atoms with Crippen LogP contribution < -0.4 is 0 Å². The van der Waals surface area contributed by atoms with Crippen molar-refractivity contribution < 1.29 is 27.8 Å². The third-order valence-electron chi connectivity index (χ3n) is 3.19. The zero-order chi connectivity index (χ0) is 15.5. The van der Waals surface area contributed by atoms with Crippen LogP contribution in [0.2, 0.25) is 0 Å². The van der Waals surface area contributed by atoms with Gasteiger partial charge in [-0.15, -0.1) is 0 Å². The van der Waals surface area contributed by atoms with Crippen LogP contribution in [0.1, 0.15) is 36.8 Å². The van der Waals surface area contributed by atoms with Gasteiger partial charge in [-0.25, -0.2) is 4.79 Å². The van der Waals surface area contributed by atoms with E-state index in [2.05, 4.69) is 4.98 Å². The molecule has 1 aliphatic rings. The zero-order valence-electron chi connectivity index (χ0n) is 11.1. The number of pyridine rings is 1. The molecule has 8 heteroatoms. The van der Waals surface area contributed by atoms with E-state index in [0.29, 0.717) is 13.1 Å². The summed E-state index contributed by atoms with van der Waals surface area (Å²) in [6.07, 6.45) is -3.24. The molecule has 2 heterocycles. The minimum absolute atomic E-state index is 0.00615. The maximum atomic E-state index is 12.4. The van der Waals surface area contributed by atoms with Crippen LogP contribution >= 0.6 is 0 Å². The summed E-state index contributed by atoms with van der Waals surface area (Å²) in [6.45, 7) is 1.10. The van der Waals surface area contributed by atoms with Gasteiger partial charge in [-0.05, 0) is 31.4 Å². The van der Waals surface area contributed by atoms with Crippen molar-refractivity contribution >= 4 is 6.09 Å². The number of amides is 1. The first-order valence-electron chi connectivity index (χ1n) is 6.54. The maximum Gasteiger partial charge on any atom is 0.433 e. The van der Waals surface area contributed by atoms with Crippen LogP contribution in [0.15, 0.2) is 18.3 Å². The summed E-state index contributed by atoms with van der Waals surface area (Å²) in [5.41, 5.74) is -1.07. The van der Waals surface area contributed by atoms with E-state index in [1.807, 2.05) is 0 Å². The number of alkyl halides is 3. The number of likely N-dealkylation sites (tertiary alicyclic amines) is 1. The molecule has 116 valence electrons. The molecule has 1 aliphatic heterocycles. The average molecular weight is 304 g/mol. The van der Waals surface area contributed by atoms with Gasteiger partial charge < -0.3 is 14.7 Å². The van der Waals surface area contributed by atoms with E-state index >= 15 is 0 Å². The molecule has 1 aromatic heterocycles. The Hall–Kier alpha value is -1.83. The molecule has 0 aliphatic carbocycles. The smallest absolute Gasteiger partial charge is 0.415 e. The summed E-state index contributed by atoms with van der Waals surface area (Å²) < 4.78 is 41.9. The molecule has 1 atom stereocenters. The van der Waals surface area contributed by atoms with Crippen molar-refractivity contribution in [1.82, 2.24) is 9.88 Å². The Morgan fingerprint density at radius 3 is 2.48 bits per heavy atom. The van der Waals surface area contributed by atoms with E-state index < -0.39 is 24.3 Å². The minimum atomic E-state index is -4.55. The molecule has 0 saturated carbocycles. The second kappa shape index (κ2) is 6.30. The summed E-state index contributed by atoms with van der Waals surface area (Å²) in [6, 6.07) is 1.76. The summed E-state index contributed by atoms with van der Waals surface area (Å²) in [5, 5.41) is 9.72. The SMILES string of the molecule is O=C(OC(O)c1ccc(C(F)(F)F)nc1)N1CCCCC1. The zero-order valence-corrected chi connectivity index (χ0v) is 11.1. The molecule has 1 fully saturated rings. The van der Waals surface area contributed by atoms with Crippen molar-refractivity contribution in [1.29, 1.82) is 0 Å². The summed E-state index contributed by atoms with van der Waals surface area (Å²) in [4.78, 5) is 16.4. The molecular formula is C13H15F3N2O3. The highest BCUT2D eigenvalue weighted by Gasteiger charge is 2.32. The number of carbonyl (C=O) groups excluding carboxylic acids is 1. The van der Waals surface area contributed by atoms with E-state index in [1.165, 1.54) is 4.90 Å². The summed E-state index contributed by atoms with van der Waals surface area (Å²) in [7, 11) is 0. The lowest BCUT2D eigenvalue weighted by Crippen LogP contribution is -2.36. The standard InChI is InChI=1S/C13H15F3N2O3/c14-13(15,16)10-5-4-9(8-17-10)11(19)21-12(20)18-6-2-1-3-7-18/h4-5,8,11,19H,1-3,6-7H2. The summed E-state index contributed by atoms with van der Waals surface area (Å²) in [5.74, 6) is 0. The Bertz CT molecular complexity index is 484. The Labute approximate surface area is 119 Å². The topological polar surface area (TPSA) is 62.7 Å². The molecule has 0 aromatic carbocycles. The first-order chi connectivity index (χ1) is 9.88. The summed E-state index contributed by atoms with van der Waals surface area (Å²) >= 11 is 0. The highest BCUT2D eigenvalue weighted by molar-refractivity contribution is 5.67. The van der Waals surface area contributed by atoms with Gasteiger partial charge in [0.25, 0.3) is 0 Å². The number of aromatic nitrogens is 1. The van der Waals surface area contributed by atoms with Gasteiger partial charge in [-0.2, -0.15) is 13.2 Å². The maximum absolute atomic E-state index is 12.4. The number of carbonyl (C=O) groups is 1. The predicted octanol–water partition coefficient (Wildman–Crippen LogP) is 2.71. The fourth-order valence-electron chi connectivity index (χ4n) is 2.03. The average Bonchev–Trinajstić information content (AvgIpc) is 2.47. The van der Waals surface area contributed by atoms with Crippen molar-refractivity contribution in [3.63, 3.8) is 0 Å². The Kier molecular flexibility index (Phi) is 4.66. The fourth-order valence-corrected chi connectivity index (χ4v) is 2.03. The van der Waals surface area contributed by atoms with Crippen LogP contribution in [-0.2, 0) is 10.9 Å². The number of piperidine rings is 1. The van der Waals surface area contributed by atoms with Crippen molar-refractivity contribution in [2.24, 2.45) is 0 Å². The quantitative estimate of drug-likeness (QED) is 0.853. The van der Waals surface area contributed by atoms with Crippen LogP contribution in [-0.4, -0.2) is 34.2 Å². The van der Waals surface area contributed by atoms with Gasteiger partial charge in [0.05, 0.1) is 0 Å². The fraction of sp³-hybridized carbons (Fsp3) is 0.538. The van der Waals surface area contributed by atoms with E-state index in [1.54, 1.807) is 0 Å². The van der Waals surface area contributed by atoms with Gasteiger partial charge >= 0.3 is 12.3 Å². The molecule has 1 amide bonds. The van der Waals surface area contributed by atoms with Crippen molar-refractivity contribution in [2.45, 2.75) is 31.7 Å². The van der Waals surface area contributed by atoms with Crippen LogP contribution in [0.5, 0.6) is 0 Å². The first-order valence-corrected chi connectivity index (χ1v) is 6.54. The molecule has 1 aromatic rings. The van der Waals surface area contributed by atoms with Gasteiger partial charge in [0.2, 0.25) is 6.29 Å². The van der Waals surface area contributed by atoms with Crippen LogP contribution in [0.25, 0.3) is 0 Å². The highest BCUT2D eigenvalue weighted by atomic mass is 19.4. The van der Waals surface area contributed by atoms with Crippen molar-refractivity contribution in [3.8, 4) is 0 Å². The Morgan fingerprint density at radius 1 is 1.29 bits per heavy atom. The Morgan fingerprint density at radius 2 is 1.95 bits per heavy atom. The van der Waals surface area contributed by atoms with Gasteiger partial charge in [0.15, 0.2) is 0 Å². The van der Waals surface area contributed by atoms with E-state index in [0.717, 1.165) is 37.6 Å². The second-order valence-electron chi connectivity index (χ2n) is 4.76. The van der Waals surface area contributed by atoms with Gasteiger partial charge in [0.1, 0.15) is 5.69 Å². The number of nitrogens with zero attached hydrogens (tertiary/aromatic N) is 2. The van der Waals surface area contributed by atoms with E-state index in [9.17, 15) is 23.1 Å². The molecule has 0 radical (unpaired) electrons. The van der Waals surface area contributed by atoms with Crippen LogP contribution in [0.3, 0.4) is 0 Å². The number of hydrogen-bond acceptors (Lipinski definition) is 4. The van der Waals surface area contributed by atoms with E-state index in [4.69, 9.17) is 4.74 Å². The monoisotopic (exact) mass is 304 g/mol. The second-order valence-corrected chi connectivity index (χ2v) is 4.76. The number of rotatable bonds is 2. The normalized spacial score (nSPS) is 17.4. The van der Waals surface area contributed by atoms with Crippen LogP contribution in [0.4, 0.5) is 18.0 Å². The predicted molar refractivity (Wildman–Crippen MR) is 66.1 cm³/mol. The molecule has 0 bridgehead atoms. The molecule has 2 rings (SSSR count). The lowest BCUT2D eigenvalue weighted by Gasteiger charge is -2.27. The molecule has 1 N–H and O–H groups in total. The highest BCUT2D eigenvalue weighted by Crippen LogP contribution is 2.28. The Balaban J connectivity index is 1.96. The molecule has 0 spiro atoms. The minimum Gasteiger partial charge on any atom is -0.415 e. The van der Waals surface area contributed by atoms with Gasteiger partial charge in [-0.3, -0.25) is 4.98 Å². The number of hydrogen-bond donors (Lipinski definition) is 1. The lowest BCUT2D eigenvalue weighted by atomic mass is 10.1. The number of halogens is 3. The van der Waals surface area contributed by atoms with Crippen molar-refractivity contribution in [3.05, 3.63) is 29.6 Å². The number of aliphatic hydroxyl groups excluding tert-OH is 1. The van der Waals surface area contributed by atoms with Gasteiger partial charge in [-0.1, -0.05) is 0 Å². The third kappa shape index (κ3) is 4.07. The number of ether oxygens (including phenoxy) is 1. The molecule has 5 nitrogen and oxygen atoms in total. The largest absolute Gasteiger partial charge is 0.433 e. The first kappa shape index (κ1) is 15.6. The molecule has 1 saturated heterocycles. The number of aliphatic hydroxyl groups is 1. The molecule has 1 unspecified atom stereocenters. The van der Waals surface area contributed by atoms with Crippen molar-refractivity contribution in [2.75, 3.05) is 13.1 Å².